The first-order valence-corrected chi connectivity index (χ1v) is 8.48. The smallest absolute Gasteiger partial charge is 0.133 e. The molecule has 1 aliphatic rings. The minimum absolute atomic E-state index is 0.209. The van der Waals surface area contributed by atoms with Gasteiger partial charge in [-0.25, -0.2) is 9.37 Å². The molecule has 106 valence electrons. The molecule has 2 aromatic rings. The summed E-state index contributed by atoms with van der Waals surface area (Å²) in [6.07, 6.45) is 3.35. The predicted molar refractivity (Wildman–Crippen MR) is 84.6 cm³/mol. The first kappa shape index (κ1) is 14.2. The summed E-state index contributed by atoms with van der Waals surface area (Å²) in [4.78, 5) is 6.02. The number of nitrogens with zero attached hydrogens (tertiary/aromatic N) is 1. The molecule has 3 rings (SSSR count). The molecular weight excluding hydrogens is 339 g/mol. The summed E-state index contributed by atoms with van der Waals surface area (Å²) in [6, 6.07) is 5.33. The second-order valence-electron chi connectivity index (χ2n) is 4.95. The van der Waals surface area contributed by atoms with Crippen LogP contribution in [0.2, 0.25) is 0 Å². The van der Waals surface area contributed by atoms with Crippen LogP contribution in [0.3, 0.4) is 0 Å². The van der Waals surface area contributed by atoms with E-state index in [0.29, 0.717) is 11.6 Å². The zero-order chi connectivity index (χ0) is 14.1. The van der Waals surface area contributed by atoms with E-state index in [2.05, 4.69) is 28.2 Å². The first-order chi connectivity index (χ1) is 9.69. The molecule has 2 nitrogen and oxygen atoms in total. The maximum absolute atomic E-state index is 14.0. The number of fused-ring (bicyclic) bond motifs is 1. The maximum atomic E-state index is 14.0. The molecule has 1 aromatic heterocycles. The number of halogens is 2. The van der Waals surface area contributed by atoms with E-state index in [1.165, 1.54) is 17.4 Å². The van der Waals surface area contributed by atoms with E-state index in [1.54, 1.807) is 17.4 Å². The standard InChI is InChI=1S/C15H16BrFN2S/c1-2-18-12-4-3-5-13-14(12)19-15(20-13)10-8-9(16)6-7-11(10)17/h6-8,12,18H,2-5H2,1H3. The monoisotopic (exact) mass is 354 g/mol. The zero-order valence-corrected chi connectivity index (χ0v) is 13.7. The van der Waals surface area contributed by atoms with Gasteiger partial charge in [0.1, 0.15) is 10.8 Å². The van der Waals surface area contributed by atoms with Crippen LogP contribution in [-0.2, 0) is 6.42 Å². The van der Waals surface area contributed by atoms with E-state index in [-0.39, 0.29) is 5.82 Å². The lowest BCUT2D eigenvalue weighted by atomic mass is 9.97. The van der Waals surface area contributed by atoms with Crippen LogP contribution in [0.4, 0.5) is 4.39 Å². The van der Waals surface area contributed by atoms with Gasteiger partial charge in [-0.3, -0.25) is 0 Å². The lowest BCUT2D eigenvalue weighted by Gasteiger charge is -2.21. The van der Waals surface area contributed by atoms with E-state index in [1.807, 2.05) is 6.07 Å². The van der Waals surface area contributed by atoms with Crippen LogP contribution in [-0.4, -0.2) is 11.5 Å². The molecule has 20 heavy (non-hydrogen) atoms. The van der Waals surface area contributed by atoms with Crippen LogP contribution in [0.15, 0.2) is 22.7 Å². The third-order valence-corrected chi connectivity index (χ3v) is 5.22. The van der Waals surface area contributed by atoms with Gasteiger partial charge in [-0.05, 0) is 44.0 Å². The molecule has 0 bridgehead atoms. The summed E-state index contributed by atoms with van der Waals surface area (Å²) >= 11 is 5.03. The topological polar surface area (TPSA) is 24.9 Å². The Labute approximate surface area is 130 Å². The molecule has 0 aliphatic heterocycles. The highest BCUT2D eigenvalue weighted by Crippen LogP contribution is 2.38. The van der Waals surface area contributed by atoms with Crippen molar-refractivity contribution < 1.29 is 4.39 Å². The average molecular weight is 355 g/mol. The average Bonchev–Trinajstić information content (AvgIpc) is 2.87. The molecule has 1 N–H and O–H groups in total. The summed E-state index contributed by atoms with van der Waals surface area (Å²) in [7, 11) is 0. The van der Waals surface area contributed by atoms with Crippen LogP contribution in [0.25, 0.3) is 10.6 Å². The van der Waals surface area contributed by atoms with Gasteiger partial charge in [0.25, 0.3) is 0 Å². The number of aryl methyl sites for hydroxylation is 1. The van der Waals surface area contributed by atoms with Gasteiger partial charge in [0.15, 0.2) is 0 Å². The molecule has 5 heteroatoms. The van der Waals surface area contributed by atoms with Crippen molar-refractivity contribution in [1.82, 2.24) is 10.3 Å². The Morgan fingerprint density at radius 3 is 3.15 bits per heavy atom. The van der Waals surface area contributed by atoms with Crippen molar-refractivity contribution in [2.45, 2.75) is 32.2 Å². The first-order valence-electron chi connectivity index (χ1n) is 6.87. The fourth-order valence-electron chi connectivity index (χ4n) is 2.64. The second-order valence-corrected chi connectivity index (χ2v) is 6.95. The summed E-state index contributed by atoms with van der Waals surface area (Å²) in [5.74, 6) is -0.209. The van der Waals surface area contributed by atoms with Gasteiger partial charge < -0.3 is 5.32 Å². The quantitative estimate of drug-likeness (QED) is 0.863. The third-order valence-electron chi connectivity index (χ3n) is 3.56. The van der Waals surface area contributed by atoms with Crippen molar-refractivity contribution in [3.8, 4) is 10.6 Å². The van der Waals surface area contributed by atoms with Gasteiger partial charge in [-0.15, -0.1) is 11.3 Å². The Hall–Kier alpha value is -0.780. The van der Waals surface area contributed by atoms with Crippen molar-refractivity contribution in [2.24, 2.45) is 0 Å². The highest BCUT2D eigenvalue weighted by Gasteiger charge is 2.25. The minimum Gasteiger partial charge on any atom is -0.309 e. The van der Waals surface area contributed by atoms with Crippen molar-refractivity contribution in [2.75, 3.05) is 6.54 Å². The summed E-state index contributed by atoms with van der Waals surface area (Å²) in [5.41, 5.74) is 1.71. The maximum Gasteiger partial charge on any atom is 0.133 e. The van der Waals surface area contributed by atoms with Crippen molar-refractivity contribution in [3.63, 3.8) is 0 Å². The van der Waals surface area contributed by atoms with Crippen molar-refractivity contribution in [3.05, 3.63) is 39.1 Å². The van der Waals surface area contributed by atoms with Crippen LogP contribution in [0.5, 0.6) is 0 Å². The fraction of sp³-hybridized carbons (Fsp3) is 0.400. The molecule has 0 fully saturated rings. The SMILES string of the molecule is CCNC1CCCc2sc(-c3cc(Br)ccc3F)nc21. The molecule has 0 saturated heterocycles. The van der Waals surface area contributed by atoms with Gasteiger partial charge in [0.2, 0.25) is 0 Å². The Morgan fingerprint density at radius 2 is 2.35 bits per heavy atom. The number of nitrogens with one attached hydrogen (secondary N) is 1. The number of benzene rings is 1. The Bertz CT molecular complexity index is 626. The third kappa shape index (κ3) is 2.67. The largest absolute Gasteiger partial charge is 0.309 e. The van der Waals surface area contributed by atoms with E-state index in [0.717, 1.165) is 34.6 Å². The Morgan fingerprint density at radius 1 is 1.50 bits per heavy atom. The molecule has 0 amide bonds. The number of aromatic nitrogens is 1. The number of rotatable bonds is 3. The van der Waals surface area contributed by atoms with Crippen molar-refractivity contribution >= 4 is 27.3 Å². The molecule has 1 aliphatic carbocycles. The minimum atomic E-state index is -0.209. The van der Waals surface area contributed by atoms with Gasteiger partial charge in [-0.2, -0.15) is 0 Å². The molecule has 1 atom stereocenters. The second kappa shape index (κ2) is 5.92. The molecule has 0 spiro atoms. The molecular formula is C15H16BrFN2S. The molecule has 1 unspecified atom stereocenters. The fourth-order valence-corrected chi connectivity index (χ4v) is 4.18. The summed E-state index contributed by atoms with van der Waals surface area (Å²) in [5, 5.41) is 4.26. The Balaban J connectivity index is 2.02. The zero-order valence-electron chi connectivity index (χ0n) is 11.2. The highest BCUT2D eigenvalue weighted by molar-refractivity contribution is 9.10. The van der Waals surface area contributed by atoms with E-state index in [4.69, 9.17) is 4.98 Å². The van der Waals surface area contributed by atoms with E-state index >= 15 is 0 Å². The Kier molecular flexibility index (Phi) is 4.19. The number of hydrogen-bond donors (Lipinski definition) is 1. The summed E-state index contributed by atoms with van der Waals surface area (Å²) < 4.78 is 14.9. The van der Waals surface area contributed by atoms with Gasteiger partial charge in [0.05, 0.1) is 11.7 Å². The van der Waals surface area contributed by atoms with Crippen LogP contribution in [0, 0.1) is 5.82 Å². The van der Waals surface area contributed by atoms with Gasteiger partial charge >= 0.3 is 0 Å². The molecule has 1 aromatic carbocycles. The van der Waals surface area contributed by atoms with Crippen molar-refractivity contribution in [1.29, 1.82) is 0 Å². The predicted octanol–water partition coefficient (Wildman–Crippen LogP) is 4.70. The lowest BCUT2D eigenvalue weighted by molar-refractivity contribution is 0.465. The molecule has 0 radical (unpaired) electrons. The van der Waals surface area contributed by atoms with Gasteiger partial charge in [-0.1, -0.05) is 22.9 Å². The van der Waals surface area contributed by atoms with Crippen LogP contribution < -0.4 is 5.32 Å². The lowest BCUT2D eigenvalue weighted by Crippen LogP contribution is -2.24. The van der Waals surface area contributed by atoms with E-state index in [9.17, 15) is 4.39 Å². The highest BCUT2D eigenvalue weighted by atomic mass is 79.9. The van der Waals surface area contributed by atoms with E-state index < -0.39 is 0 Å². The number of thiazole rings is 1. The summed E-state index contributed by atoms with van der Waals surface area (Å²) in [6.45, 7) is 3.04. The molecule has 1 heterocycles. The normalized spacial score (nSPS) is 18.1. The van der Waals surface area contributed by atoms with Crippen LogP contribution >= 0.6 is 27.3 Å². The van der Waals surface area contributed by atoms with Gasteiger partial charge in [0, 0.05) is 14.9 Å². The molecule has 0 saturated carbocycles. The van der Waals surface area contributed by atoms with Crippen LogP contribution in [0.1, 0.15) is 36.4 Å². The number of hydrogen-bond acceptors (Lipinski definition) is 3.